The molecule has 1 N–H and O–H groups in total. The first-order valence-electron chi connectivity index (χ1n) is 11.9. The van der Waals surface area contributed by atoms with Crippen molar-refractivity contribution in [2.45, 2.75) is 40.0 Å². The molecule has 0 spiro atoms. The van der Waals surface area contributed by atoms with E-state index in [4.69, 9.17) is 9.47 Å². The highest BCUT2D eigenvalue weighted by Crippen LogP contribution is 2.38. The maximum absolute atomic E-state index is 5.55. The summed E-state index contributed by atoms with van der Waals surface area (Å²) in [6.45, 7) is 12.5. The molecule has 172 valence electrons. The highest BCUT2D eigenvalue weighted by atomic mass is 16.5. The molecule has 0 radical (unpaired) electrons. The largest absolute Gasteiger partial charge is 0.493 e. The van der Waals surface area contributed by atoms with Crippen LogP contribution in [0.1, 0.15) is 37.8 Å². The fraction of sp³-hybridized carbons (Fsp3) is 0.481. The smallest absolute Gasteiger partial charge is 0.161 e. The fourth-order valence-electron chi connectivity index (χ4n) is 4.93. The Balaban J connectivity index is 1.68. The van der Waals surface area contributed by atoms with Gasteiger partial charge < -0.3 is 19.4 Å². The lowest BCUT2D eigenvalue weighted by molar-refractivity contribution is 0.254. The molecule has 0 aliphatic carbocycles. The van der Waals surface area contributed by atoms with E-state index in [1.807, 2.05) is 6.07 Å². The monoisotopic (exact) mass is 435 g/mol. The van der Waals surface area contributed by atoms with Gasteiger partial charge in [0.15, 0.2) is 11.5 Å². The van der Waals surface area contributed by atoms with Crippen LogP contribution < -0.4 is 14.4 Å². The van der Waals surface area contributed by atoms with Crippen molar-refractivity contribution >= 4 is 16.6 Å². The summed E-state index contributed by atoms with van der Waals surface area (Å²) in [4.78, 5) is 8.88. The van der Waals surface area contributed by atoms with Crippen LogP contribution in [0.25, 0.3) is 22.2 Å². The molecule has 1 aliphatic heterocycles. The number of hydrogen-bond donors (Lipinski definition) is 1. The lowest BCUT2D eigenvalue weighted by Crippen LogP contribution is -2.46. The third-order valence-electron chi connectivity index (χ3n) is 6.79. The number of ether oxygens (including phenoxy) is 2. The van der Waals surface area contributed by atoms with Crippen LogP contribution in [0.4, 0.5) is 5.69 Å². The zero-order valence-electron chi connectivity index (χ0n) is 20.3. The van der Waals surface area contributed by atoms with Gasteiger partial charge in [-0.05, 0) is 67.8 Å². The summed E-state index contributed by atoms with van der Waals surface area (Å²) in [6, 6.07) is 10.9. The third kappa shape index (κ3) is 4.31. The summed E-state index contributed by atoms with van der Waals surface area (Å²) in [6.07, 6.45) is 3.54. The van der Waals surface area contributed by atoms with Crippen LogP contribution in [0.2, 0.25) is 0 Å². The van der Waals surface area contributed by atoms with E-state index in [0.717, 1.165) is 49.7 Å². The number of aryl methyl sites for hydroxylation is 2. The molecule has 0 unspecified atom stereocenters. The molecule has 0 saturated carbocycles. The third-order valence-corrected chi connectivity index (χ3v) is 6.79. The summed E-state index contributed by atoms with van der Waals surface area (Å²) in [5, 5.41) is 1.33. The average Bonchev–Trinajstić information content (AvgIpc) is 3.19. The number of H-pyrrole nitrogens is 1. The normalized spacial score (nSPS) is 14.8. The van der Waals surface area contributed by atoms with Gasteiger partial charge in [0.05, 0.1) is 14.2 Å². The predicted molar refractivity (Wildman–Crippen MR) is 135 cm³/mol. The standard InChI is InChI=1S/C27H37N3O2/c1-6-8-11-29-12-14-30(15-13-29)24-18-22-21(7-2)27(28-23(22)16-19(24)3)20-9-10-25(31-4)26(17-20)32-5/h9-10,16-18,28H,6-8,11-15H2,1-5H3. The molecular formula is C27H37N3O2. The van der Waals surface area contributed by atoms with E-state index < -0.39 is 0 Å². The molecule has 0 bridgehead atoms. The van der Waals surface area contributed by atoms with Crippen LogP contribution >= 0.6 is 0 Å². The zero-order chi connectivity index (χ0) is 22.7. The van der Waals surface area contributed by atoms with Gasteiger partial charge in [0.2, 0.25) is 0 Å². The molecule has 32 heavy (non-hydrogen) atoms. The lowest BCUT2D eigenvalue weighted by Gasteiger charge is -2.37. The van der Waals surface area contributed by atoms with Crippen molar-refractivity contribution in [3.05, 3.63) is 41.5 Å². The van der Waals surface area contributed by atoms with E-state index >= 15 is 0 Å². The first-order chi connectivity index (χ1) is 15.6. The second-order valence-electron chi connectivity index (χ2n) is 8.77. The van der Waals surface area contributed by atoms with Gasteiger partial charge in [0, 0.05) is 54.0 Å². The first kappa shape index (κ1) is 22.5. The molecule has 0 atom stereocenters. The molecule has 2 heterocycles. The fourth-order valence-corrected chi connectivity index (χ4v) is 4.93. The molecule has 5 heteroatoms. The predicted octanol–water partition coefficient (Wildman–Crippen LogP) is 5.65. The first-order valence-corrected chi connectivity index (χ1v) is 11.9. The SMILES string of the molecule is CCCCN1CCN(c2cc3c(CC)c(-c4ccc(OC)c(OC)c4)[nH]c3cc2C)CC1. The Kier molecular flexibility index (Phi) is 6.95. The maximum atomic E-state index is 5.55. The van der Waals surface area contributed by atoms with Crippen LogP contribution in [0.15, 0.2) is 30.3 Å². The van der Waals surface area contributed by atoms with Gasteiger partial charge in [-0.15, -0.1) is 0 Å². The van der Waals surface area contributed by atoms with Crippen LogP contribution in [-0.2, 0) is 6.42 Å². The Morgan fingerprint density at radius 3 is 2.34 bits per heavy atom. The van der Waals surface area contributed by atoms with Gasteiger partial charge in [-0.2, -0.15) is 0 Å². The Morgan fingerprint density at radius 1 is 0.938 bits per heavy atom. The maximum Gasteiger partial charge on any atom is 0.161 e. The summed E-state index contributed by atoms with van der Waals surface area (Å²) >= 11 is 0. The van der Waals surface area contributed by atoms with E-state index in [0.29, 0.717) is 0 Å². The molecule has 1 saturated heterocycles. The minimum absolute atomic E-state index is 0.751. The molecule has 0 amide bonds. The number of unbranched alkanes of at least 4 members (excludes halogenated alkanes) is 1. The number of aromatic nitrogens is 1. The second kappa shape index (κ2) is 9.86. The number of piperazine rings is 1. The molecule has 1 aromatic heterocycles. The molecular weight excluding hydrogens is 398 g/mol. The van der Waals surface area contributed by atoms with Crippen LogP contribution in [0.5, 0.6) is 11.5 Å². The van der Waals surface area contributed by atoms with Crippen molar-refractivity contribution in [1.82, 2.24) is 9.88 Å². The van der Waals surface area contributed by atoms with E-state index in [2.05, 4.69) is 59.8 Å². The van der Waals surface area contributed by atoms with Crippen LogP contribution in [-0.4, -0.2) is 56.8 Å². The van der Waals surface area contributed by atoms with Crippen molar-refractivity contribution in [3.8, 4) is 22.8 Å². The topological polar surface area (TPSA) is 40.7 Å². The number of anilines is 1. The highest BCUT2D eigenvalue weighted by Gasteiger charge is 2.21. The number of hydrogen-bond acceptors (Lipinski definition) is 4. The Labute approximate surface area is 192 Å². The molecule has 2 aromatic carbocycles. The van der Waals surface area contributed by atoms with Crippen molar-refractivity contribution in [2.75, 3.05) is 51.8 Å². The molecule has 5 nitrogen and oxygen atoms in total. The average molecular weight is 436 g/mol. The minimum atomic E-state index is 0.751. The molecule has 3 aromatic rings. The van der Waals surface area contributed by atoms with Gasteiger partial charge in [-0.3, -0.25) is 4.90 Å². The zero-order valence-corrected chi connectivity index (χ0v) is 20.3. The Morgan fingerprint density at radius 2 is 1.69 bits per heavy atom. The van der Waals surface area contributed by atoms with E-state index in [9.17, 15) is 0 Å². The second-order valence-corrected chi connectivity index (χ2v) is 8.77. The summed E-state index contributed by atoms with van der Waals surface area (Å²) in [5.41, 5.74) is 7.57. The lowest BCUT2D eigenvalue weighted by atomic mass is 10.0. The molecule has 1 aliphatic rings. The van der Waals surface area contributed by atoms with Gasteiger partial charge in [0.25, 0.3) is 0 Å². The summed E-state index contributed by atoms with van der Waals surface area (Å²) < 4.78 is 11.0. The minimum Gasteiger partial charge on any atom is -0.493 e. The number of nitrogens with one attached hydrogen (secondary N) is 1. The summed E-state index contributed by atoms with van der Waals surface area (Å²) in [7, 11) is 3.36. The number of benzene rings is 2. The highest BCUT2D eigenvalue weighted by molar-refractivity contribution is 5.94. The van der Waals surface area contributed by atoms with Gasteiger partial charge >= 0.3 is 0 Å². The van der Waals surface area contributed by atoms with Gasteiger partial charge in [-0.25, -0.2) is 0 Å². The molecule has 1 fully saturated rings. The molecule has 4 rings (SSSR count). The number of fused-ring (bicyclic) bond motifs is 1. The van der Waals surface area contributed by atoms with Crippen molar-refractivity contribution in [3.63, 3.8) is 0 Å². The van der Waals surface area contributed by atoms with Gasteiger partial charge in [-0.1, -0.05) is 20.3 Å². The van der Waals surface area contributed by atoms with E-state index in [-0.39, 0.29) is 0 Å². The Bertz CT molecular complexity index is 1060. The van der Waals surface area contributed by atoms with Gasteiger partial charge in [0.1, 0.15) is 0 Å². The van der Waals surface area contributed by atoms with Crippen molar-refractivity contribution < 1.29 is 9.47 Å². The number of rotatable bonds is 8. The van der Waals surface area contributed by atoms with E-state index in [1.54, 1.807) is 14.2 Å². The van der Waals surface area contributed by atoms with Crippen molar-refractivity contribution in [1.29, 1.82) is 0 Å². The van der Waals surface area contributed by atoms with Crippen molar-refractivity contribution in [2.24, 2.45) is 0 Å². The quantitative estimate of drug-likeness (QED) is 0.497. The van der Waals surface area contributed by atoms with Crippen LogP contribution in [0, 0.1) is 6.92 Å². The number of methoxy groups -OCH3 is 2. The Hall–Kier alpha value is -2.66. The summed E-state index contributed by atoms with van der Waals surface area (Å²) in [5.74, 6) is 1.50. The number of aromatic amines is 1. The van der Waals surface area contributed by atoms with Crippen LogP contribution in [0.3, 0.4) is 0 Å². The van der Waals surface area contributed by atoms with E-state index in [1.165, 1.54) is 52.8 Å². The number of nitrogens with zero attached hydrogens (tertiary/aromatic N) is 2.